The fraction of sp³-hybridized carbons (Fsp3) is 0.238. The molecule has 0 bridgehead atoms. The average Bonchev–Trinajstić information content (AvgIpc) is 3.06. The van der Waals surface area contributed by atoms with Gasteiger partial charge in [0.05, 0.1) is 16.8 Å². The molecule has 1 amide bonds. The van der Waals surface area contributed by atoms with Crippen molar-refractivity contribution in [3.8, 4) is 11.1 Å². The van der Waals surface area contributed by atoms with Crippen LogP contribution in [0.4, 0.5) is 19.1 Å². The van der Waals surface area contributed by atoms with Crippen LogP contribution in [0.1, 0.15) is 30.2 Å². The zero-order chi connectivity index (χ0) is 23.0. The van der Waals surface area contributed by atoms with Crippen LogP contribution in [0, 0.1) is 6.92 Å². The molecule has 1 aromatic carbocycles. The fourth-order valence-electron chi connectivity index (χ4n) is 2.64. The summed E-state index contributed by atoms with van der Waals surface area (Å²) in [4.78, 5) is 25.2. The highest BCUT2D eigenvalue weighted by molar-refractivity contribution is 5.94. The number of aryl methyl sites for hydroxylation is 2. The van der Waals surface area contributed by atoms with Gasteiger partial charge in [-0.15, -0.1) is 0 Å². The maximum absolute atomic E-state index is 13.0. The van der Waals surface area contributed by atoms with Gasteiger partial charge in [-0.1, -0.05) is 23.4 Å². The standard InChI is InChI=1S/C19H16F3N3O2.C2H4O2/c1-12-17(14-5-2-6-15(10-14)19(20,21)22)18(27-25-12)24-16(26)8-7-13-4-3-9-23-11-13;1-2(3)4/h2-6,9-11H,7-8H2,1H3,(H,24,26);1H3,(H,3,4). The van der Waals surface area contributed by atoms with E-state index in [4.69, 9.17) is 14.4 Å². The smallest absolute Gasteiger partial charge is 0.416 e. The van der Waals surface area contributed by atoms with Gasteiger partial charge in [-0.05, 0) is 42.7 Å². The topological polar surface area (TPSA) is 105 Å². The van der Waals surface area contributed by atoms with Gasteiger partial charge in [-0.2, -0.15) is 13.2 Å². The first-order valence-corrected chi connectivity index (χ1v) is 9.10. The predicted molar refractivity (Wildman–Crippen MR) is 106 cm³/mol. The predicted octanol–water partition coefficient (Wildman–Crippen LogP) is 4.73. The number of nitrogens with one attached hydrogen (secondary N) is 1. The van der Waals surface area contributed by atoms with Crippen molar-refractivity contribution in [2.75, 3.05) is 5.32 Å². The molecule has 164 valence electrons. The summed E-state index contributed by atoms with van der Waals surface area (Å²) < 4.78 is 44.0. The Morgan fingerprint density at radius 1 is 1.19 bits per heavy atom. The Morgan fingerprint density at radius 3 is 2.52 bits per heavy atom. The molecule has 0 fully saturated rings. The molecule has 2 aromatic heterocycles. The Labute approximate surface area is 175 Å². The summed E-state index contributed by atoms with van der Waals surface area (Å²) in [7, 11) is 0. The van der Waals surface area contributed by atoms with Gasteiger partial charge in [0, 0.05) is 25.7 Å². The molecular formula is C21H20F3N3O4. The highest BCUT2D eigenvalue weighted by Crippen LogP contribution is 2.36. The maximum Gasteiger partial charge on any atom is 0.416 e. The molecule has 0 aliphatic carbocycles. The fourth-order valence-corrected chi connectivity index (χ4v) is 2.64. The van der Waals surface area contributed by atoms with Crippen molar-refractivity contribution in [1.82, 2.24) is 10.1 Å². The summed E-state index contributed by atoms with van der Waals surface area (Å²) in [5, 5.41) is 13.8. The third kappa shape index (κ3) is 7.25. The van der Waals surface area contributed by atoms with Gasteiger partial charge < -0.3 is 9.63 Å². The number of carboxylic acids is 1. The second-order valence-corrected chi connectivity index (χ2v) is 6.48. The molecule has 3 aromatic rings. The van der Waals surface area contributed by atoms with Gasteiger partial charge in [-0.25, -0.2) is 0 Å². The molecule has 7 nitrogen and oxygen atoms in total. The number of halogens is 3. The maximum atomic E-state index is 13.0. The van der Waals surface area contributed by atoms with Crippen LogP contribution in [-0.2, 0) is 22.2 Å². The number of hydrogen-bond donors (Lipinski definition) is 2. The van der Waals surface area contributed by atoms with E-state index in [-0.39, 0.29) is 23.8 Å². The minimum atomic E-state index is -4.46. The first-order valence-electron chi connectivity index (χ1n) is 9.10. The number of amides is 1. The van der Waals surface area contributed by atoms with Crippen LogP contribution in [0.2, 0.25) is 0 Å². The average molecular weight is 435 g/mol. The van der Waals surface area contributed by atoms with E-state index in [1.807, 2.05) is 6.07 Å². The Balaban J connectivity index is 0.000000785. The van der Waals surface area contributed by atoms with Crippen molar-refractivity contribution in [2.24, 2.45) is 0 Å². The van der Waals surface area contributed by atoms with Crippen molar-refractivity contribution < 1.29 is 32.4 Å². The second kappa shape index (κ2) is 10.4. The highest BCUT2D eigenvalue weighted by Gasteiger charge is 2.31. The van der Waals surface area contributed by atoms with Gasteiger partial charge in [0.25, 0.3) is 5.97 Å². The zero-order valence-corrected chi connectivity index (χ0v) is 16.7. The number of anilines is 1. The van der Waals surface area contributed by atoms with E-state index in [0.717, 1.165) is 24.6 Å². The third-order valence-electron chi connectivity index (χ3n) is 3.96. The molecule has 3 rings (SSSR count). The van der Waals surface area contributed by atoms with Crippen LogP contribution in [0.5, 0.6) is 0 Å². The van der Waals surface area contributed by atoms with E-state index >= 15 is 0 Å². The van der Waals surface area contributed by atoms with Gasteiger partial charge in [0.1, 0.15) is 0 Å². The van der Waals surface area contributed by atoms with Crippen LogP contribution in [0.15, 0.2) is 53.3 Å². The second-order valence-electron chi connectivity index (χ2n) is 6.48. The van der Waals surface area contributed by atoms with Crippen molar-refractivity contribution in [1.29, 1.82) is 0 Å². The molecule has 0 aliphatic heterocycles. The summed E-state index contributed by atoms with van der Waals surface area (Å²) in [5.74, 6) is -1.13. The van der Waals surface area contributed by atoms with Crippen molar-refractivity contribution in [2.45, 2.75) is 32.9 Å². The Kier molecular flexibility index (Phi) is 7.89. The van der Waals surface area contributed by atoms with Crippen molar-refractivity contribution in [3.63, 3.8) is 0 Å². The van der Waals surface area contributed by atoms with E-state index in [1.54, 1.807) is 25.4 Å². The molecule has 0 atom stereocenters. The van der Waals surface area contributed by atoms with Gasteiger partial charge >= 0.3 is 6.18 Å². The lowest BCUT2D eigenvalue weighted by atomic mass is 10.0. The van der Waals surface area contributed by atoms with Gasteiger partial charge in [0.2, 0.25) is 11.8 Å². The van der Waals surface area contributed by atoms with E-state index in [0.29, 0.717) is 17.7 Å². The summed E-state index contributed by atoms with van der Waals surface area (Å²) in [6.07, 6.45) is -0.504. The molecule has 0 aliphatic rings. The minimum Gasteiger partial charge on any atom is -0.481 e. The molecule has 0 spiro atoms. The van der Waals surface area contributed by atoms with Crippen LogP contribution in [0.25, 0.3) is 11.1 Å². The third-order valence-corrected chi connectivity index (χ3v) is 3.96. The molecule has 0 radical (unpaired) electrons. The van der Waals surface area contributed by atoms with Crippen molar-refractivity contribution in [3.05, 3.63) is 65.6 Å². The SMILES string of the molecule is CC(=O)O.Cc1noc(NC(=O)CCc2cccnc2)c1-c1cccc(C(F)(F)F)c1. The quantitative estimate of drug-likeness (QED) is 0.601. The van der Waals surface area contributed by atoms with Gasteiger partial charge in [0.15, 0.2) is 0 Å². The molecule has 2 N–H and O–H groups in total. The molecule has 0 saturated heterocycles. The number of aliphatic carboxylic acids is 1. The number of rotatable bonds is 5. The van der Waals surface area contributed by atoms with Crippen LogP contribution in [0.3, 0.4) is 0 Å². The summed E-state index contributed by atoms with van der Waals surface area (Å²) >= 11 is 0. The molecule has 10 heteroatoms. The number of carbonyl (C=O) groups is 2. The first kappa shape index (κ1) is 23.6. The number of alkyl halides is 3. The molecule has 2 heterocycles. The Bertz CT molecular complexity index is 1030. The highest BCUT2D eigenvalue weighted by atomic mass is 19.4. The number of carboxylic acid groups (broad SMARTS) is 1. The Hall–Kier alpha value is -3.69. The van der Waals surface area contributed by atoms with Crippen molar-refractivity contribution >= 4 is 17.8 Å². The molecule has 0 unspecified atom stereocenters. The van der Waals surface area contributed by atoms with E-state index in [2.05, 4.69) is 15.5 Å². The lowest BCUT2D eigenvalue weighted by molar-refractivity contribution is -0.137. The van der Waals surface area contributed by atoms with Crippen LogP contribution in [-0.4, -0.2) is 27.1 Å². The number of aromatic nitrogens is 2. The Morgan fingerprint density at radius 2 is 1.90 bits per heavy atom. The summed E-state index contributed by atoms with van der Waals surface area (Å²) in [6.45, 7) is 2.68. The number of nitrogens with zero attached hydrogens (tertiary/aromatic N) is 2. The molecule has 0 saturated carbocycles. The van der Waals surface area contributed by atoms with Crippen LogP contribution >= 0.6 is 0 Å². The minimum absolute atomic E-state index is 0.0306. The van der Waals surface area contributed by atoms with E-state index in [1.165, 1.54) is 12.1 Å². The van der Waals surface area contributed by atoms with E-state index in [9.17, 15) is 18.0 Å². The number of carbonyl (C=O) groups excluding carboxylic acids is 1. The first-order chi connectivity index (χ1) is 14.6. The van der Waals surface area contributed by atoms with Gasteiger partial charge in [-0.3, -0.25) is 19.9 Å². The van der Waals surface area contributed by atoms with E-state index < -0.39 is 17.7 Å². The monoisotopic (exact) mass is 435 g/mol. The summed E-state index contributed by atoms with van der Waals surface area (Å²) in [5.41, 5.74) is 1.10. The molecular weight excluding hydrogens is 415 g/mol. The molecule has 31 heavy (non-hydrogen) atoms. The lowest BCUT2D eigenvalue weighted by Crippen LogP contribution is -2.12. The number of benzene rings is 1. The normalized spacial score (nSPS) is 10.7. The van der Waals surface area contributed by atoms with Crippen LogP contribution < -0.4 is 5.32 Å². The largest absolute Gasteiger partial charge is 0.481 e. The number of hydrogen-bond acceptors (Lipinski definition) is 5. The lowest BCUT2D eigenvalue weighted by Gasteiger charge is -2.09. The zero-order valence-electron chi connectivity index (χ0n) is 16.7. The number of pyridine rings is 1. The summed E-state index contributed by atoms with van der Waals surface area (Å²) in [6, 6.07) is 8.44.